The van der Waals surface area contributed by atoms with Gasteiger partial charge in [-0.1, -0.05) is 104 Å². The molecule has 3 heteroatoms. The zero-order chi connectivity index (χ0) is 28.2. The van der Waals surface area contributed by atoms with E-state index in [1.54, 1.807) is 0 Å². The van der Waals surface area contributed by atoms with Crippen molar-refractivity contribution in [3.05, 3.63) is 132 Å². The molecule has 42 heavy (non-hydrogen) atoms. The molecule has 0 fully saturated rings. The molecule has 0 bridgehead atoms. The van der Waals surface area contributed by atoms with Gasteiger partial charge < -0.3 is 4.57 Å². The van der Waals surface area contributed by atoms with E-state index in [4.69, 9.17) is 7.85 Å². The summed E-state index contributed by atoms with van der Waals surface area (Å²) in [5.74, 6) is 0. The van der Waals surface area contributed by atoms with Crippen LogP contribution >= 0.6 is 11.3 Å². The second kappa shape index (κ2) is 8.47. The Kier molecular flexibility index (Phi) is 4.85. The Morgan fingerprint density at radius 1 is 0.571 bits per heavy atom. The molecule has 9 rings (SSSR count). The molecule has 8 aromatic rings. The van der Waals surface area contributed by atoms with E-state index in [-0.39, 0.29) is 5.41 Å². The van der Waals surface area contributed by atoms with Crippen molar-refractivity contribution < 1.29 is 0 Å². The van der Waals surface area contributed by atoms with Gasteiger partial charge in [0.05, 0.1) is 11.0 Å². The maximum atomic E-state index is 6.69. The van der Waals surface area contributed by atoms with E-state index in [9.17, 15) is 0 Å². The number of thiophene rings is 1. The summed E-state index contributed by atoms with van der Waals surface area (Å²) < 4.78 is 5.02. The maximum absolute atomic E-state index is 6.69. The highest BCUT2D eigenvalue weighted by molar-refractivity contribution is 7.26. The summed E-state index contributed by atoms with van der Waals surface area (Å²) >= 11 is 1.86. The van der Waals surface area contributed by atoms with Crippen molar-refractivity contribution >= 4 is 66.6 Å². The van der Waals surface area contributed by atoms with E-state index in [0.717, 1.165) is 16.7 Å². The summed E-state index contributed by atoms with van der Waals surface area (Å²) in [5, 5.41) is 5.13. The zero-order valence-corrected chi connectivity index (χ0v) is 24.3. The second-order valence-electron chi connectivity index (χ2n) is 12.0. The van der Waals surface area contributed by atoms with Crippen LogP contribution in [0, 0.1) is 0 Å². The van der Waals surface area contributed by atoms with Gasteiger partial charge in [0.1, 0.15) is 7.85 Å². The van der Waals surface area contributed by atoms with Gasteiger partial charge in [0, 0.05) is 42.0 Å². The summed E-state index contributed by atoms with van der Waals surface area (Å²) in [6, 6.07) is 44.3. The molecular weight excluding hydrogens is 525 g/mol. The highest BCUT2D eigenvalue weighted by Crippen LogP contribution is 2.51. The SMILES string of the molecule is [B]c1cc(-c2cccc3c2sc2ccccc23)cc(-n2c3ccccc3c3cc4c(cc32)C(C)(C)c2ccccc2-4)c1. The van der Waals surface area contributed by atoms with E-state index < -0.39 is 0 Å². The second-order valence-corrected chi connectivity index (χ2v) is 13.1. The number of para-hydroxylation sites is 1. The van der Waals surface area contributed by atoms with Crippen LogP contribution in [0.25, 0.3) is 69.9 Å². The summed E-state index contributed by atoms with van der Waals surface area (Å²) in [7, 11) is 6.69. The van der Waals surface area contributed by atoms with Crippen molar-refractivity contribution in [1.29, 1.82) is 0 Å². The molecular formula is C39H26BNS. The lowest BCUT2D eigenvalue weighted by molar-refractivity contribution is 0.661. The van der Waals surface area contributed by atoms with Crippen LogP contribution in [0.1, 0.15) is 25.0 Å². The normalized spacial score (nSPS) is 13.8. The molecule has 0 saturated heterocycles. The fourth-order valence-corrected chi connectivity index (χ4v) is 8.57. The van der Waals surface area contributed by atoms with Crippen molar-refractivity contribution in [3.63, 3.8) is 0 Å². The van der Waals surface area contributed by atoms with Crippen LogP contribution in [0.15, 0.2) is 121 Å². The Balaban J connectivity index is 1.33. The fraction of sp³-hybridized carbons (Fsp3) is 0.0769. The predicted molar refractivity (Wildman–Crippen MR) is 182 cm³/mol. The molecule has 2 radical (unpaired) electrons. The molecule has 0 N–H and O–H groups in total. The number of rotatable bonds is 2. The number of nitrogens with zero attached hydrogens (tertiary/aromatic N) is 1. The third-order valence-electron chi connectivity index (χ3n) is 9.29. The smallest absolute Gasteiger partial charge is 0.113 e. The van der Waals surface area contributed by atoms with Gasteiger partial charge in [-0.3, -0.25) is 0 Å². The molecule has 0 saturated carbocycles. The van der Waals surface area contributed by atoms with E-state index in [1.165, 1.54) is 69.8 Å². The lowest BCUT2D eigenvalue weighted by atomic mass is 9.82. The first-order valence-corrected chi connectivity index (χ1v) is 15.3. The lowest BCUT2D eigenvalue weighted by Crippen LogP contribution is -2.15. The van der Waals surface area contributed by atoms with Gasteiger partial charge >= 0.3 is 0 Å². The van der Waals surface area contributed by atoms with Crippen LogP contribution in [-0.4, -0.2) is 12.4 Å². The molecule has 0 spiro atoms. The van der Waals surface area contributed by atoms with Gasteiger partial charge in [0.2, 0.25) is 0 Å². The summed E-state index contributed by atoms with van der Waals surface area (Å²) in [6.07, 6.45) is 0. The highest BCUT2D eigenvalue weighted by atomic mass is 32.1. The van der Waals surface area contributed by atoms with Gasteiger partial charge in [-0.25, -0.2) is 0 Å². The molecule has 2 heterocycles. The number of hydrogen-bond acceptors (Lipinski definition) is 1. The van der Waals surface area contributed by atoms with Gasteiger partial charge in [-0.05, 0) is 69.8 Å². The molecule has 1 aliphatic carbocycles. The summed E-state index contributed by atoms with van der Waals surface area (Å²) in [6.45, 7) is 4.70. The van der Waals surface area contributed by atoms with Crippen LogP contribution in [-0.2, 0) is 5.41 Å². The largest absolute Gasteiger partial charge is 0.309 e. The molecule has 1 nitrogen and oxygen atoms in total. The average molecular weight is 552 g/mol. The predicted octanol–water partition coefficient (Wildman–Crippen LogP) is 9.92. The van der Waals surface area contributed by atoms with E-state index >= 15 is 0 Å². The third-order valence-corrected chi connectivity index (χ3v) is 10.5. The Labute approximate surface area is 250 Å². The zero-order valence-electron chi connectivity index (χ0n) is 23.5. The summed E-state index contributed by atoms with van der Waals surface area (Å²) in [5.41, 5.74) is 12.0. The topological polar surface area (TPSA) is 4.93 Å². The molecule has 0 amide bonds. The van der Waals surface area contributed by atoms with Crippen LogP contribution in [0.2, 0.25) is 0 Å². The van der Waals surface area contributed by atoms with E-state index in [1.807, 2.05) is 11.3 Å². The van der Waals surface area contributed by atoms with Crippen molar-refractivity contribution in [2.24, 2.45) is 0 Å². The molecule has 196 valence electrons. The molecule has 0 unspecified atom stereocenters. The Morgan fingerprint density at radius 3 is 2.21 bits per heavy atom. The van der Waals surface area contributed by atoms with E-state index in [0.29, 0.717) is 0 Å². The molecule has 0 aliphatic heterocycles. The van der Waals surface area contributed by atoms with Crippen LogP contribution < -0.4 is 5.46 Å². The van der Waals surface area contributed by atoms with Gasteiger partial charge in [0.25, 0.3) is 0 Å². The van der Waals surface area contributed by atoms with Crippen molar-refractivity contribution in [1.82, 2.24) is 4.57 Å². The first-order chi connectivity index (χ1) is 20.5. The Morgan fingerprint density at radius 2 is 1.31 bits per heavy atom. The molecule has 6 aromatic carbocycles. The Hall–Kier alpha value is -4.60. The first-order valence-electron chi connectivity index (χ1n) is 14.5. The van der Waals surface area contributed by atoms with Gasteiger partial charge in [0.15, 0.2) is 0 Å². The monoisotopic (exact) mass is 551 g/mol. The number of fused-ring (bicyclic) bond motifs is 9. The maximum Gasteiger partial charge on any atom is 0.113 e. The minimum Gasteiger partial charge on any atom is -0.309 e. The van der Waals surface area contributed by atoms with E-state index in [2.05, 4.69) is 140 Å². The highest BCUT2D eigenvalue weighted by Gasteiger charge is 2.36. The Bertz CT molecular complexity index is 2400. The standard InChI is InChI=1S/C39H26BNS/c1-39(2)33-15-6-3-10-27(33)31-21-32-28-11-4-7-16-35(28)41(36(32)22-34(31)39)25-19-23(18-24(40)20-25)26-13-9-14-30-29-12-5-8-17-37(29)42-38(26)30/h3-22H,1-2H3. The number of aromatic nitrogens is 1. The summed E-state index contributed by atoms with van der Waals surface area (Å²) in [4.78, 5) is 0. The molecule has 0 atom stereocenters. The number of hydrogen-bond donors (Lipinski definition) is 0. The van der Waals surface area contributed by atoms with Crippen LogP contribution in [0.4, 0.5) is 0 Å². The first kappa shape index (κ1) is 24.0. The minimum absolute atomic E-state index is 0.0703. The van der Waals surface area contributed by atoms with Crippen LogP contribution in [0.3, 0.4) is 0 Å². The number of benzene rings is 6. The van der Waals surface area contributed by atoms with Crippen molar-refractivity contribution in [2.75, 3.05) is 0 Å². The quantitative estimate of drug-likeness (QED) is 0.189. The minimum atomic E-state index is -0.0703. The molecule has 2 aromatic heterocycles. The third kappa shape index (κ3) is 3.20. The van der Waals surface area contributed by atoms with Crippen LogP contribution in [0.5, 0.6) is 0 Å². The average Bonchev–Trinajstić information content (AvgIpc) is 3.62. The molecule has 1 aliphatic rings. The van der Waals surface area contributed by atoms with Crippen molar-refractivity contribution in [2.45, 2.75) is 19.3 Å². The lowest BCUT2D eigenvalue weighted by Gasteiger charge is -2.21. The van der Waals surface area contributed by atoms with Gasteiger partial charge in [-0.2, -0.15) is 0 Å². The van der Waals surface area contributed by atoms with Gasteiger partial charge in [-0.15, -0.1) is 11.3 Å². The fourth-order valence-electron chi connectivity index (χ4n) is 7.34. The van der Waals surface area contributed by atoms with Crippen molar-refractivity contribution in [3.8, 4) is 27.9 Å².